The number of rotatable bonds is 7. The number of aryl methyl sites for hydroxylation is 1. The molecular weight excluding hydrogens is 350 g/mol. The minimum absolute atomic E-state index is 0.0220. The Morgan fingerprint density at radius 2 is 1.96 bits per heavy atom. The molecule has 0 aliphatic rings. The zero-order valence-corrected chi connectivity index (χ0v) is 14.4. The monoisotopic (exact) mass is 367 g/mol. The summed E-state index contributed by atoms with van der Waals surface area (Å²) in [5.74, 6) is -0.807. The summed E-state index contributed by atoms with van der Waals surface area (Å²) in [6.07, 6.45) is 0. The van der Waals surface area contributed by atoms with Crippen LogP contribution in [0, 0.1) is 6.92 Å². The number of nitrogens with one attached hydrogen (secondary N) is 2. The van der Waals surface area contributed by atoms with Gasteiger partial charge in [0.1, 0.15) is 11.8 Å². The van der Waals surface area contributed by atoms with Crippen LogP contribution in [0.2, 0.25) is 0 Å². The highest BCUT2D eigenvalue weighted by Crippen LogP contribution is 2.09. The number of carbonyl (C=O) groups is 2. The van der Waals surface area contributed by atoms with E-state index in [4.69, 9.17) is 9.26 Å². The van der Waals surface area contributed by atoms with E-state index in [9.17, 15) is 18.0 Å². The van der Waals surface area contributed by atoms with Gasteiger partial charge >= 0.3 is 5.97 Å². The third kappa shape index (κ3) is 5.40. The molecule has 1 amide bonds. The molecule has 1 unspecified atom stereocenters. The quantitative estimate of drug-likeness (QED) is 0.694. The minimum atomic E-state index is -3.86. The molecule has 2 aromatic rings. The van der Waals surface area contributed by atoms with Crippen LogP contribution in [0.15, 0.2) is 45.8 Å². The zero-order valence-electron chi connectivity index (χ0n) is 13.6. The van der Waals surface area contributed by atoms with Gasteiger partial charge < -0.3 is 14.6 Å². The molecule has 0 radical (unpaired) electrons. The van der Waals surface area contributed by atoms with Gasteiger partial charge in [-0.2, -0.15) is 4.72 Å². The maximum Gasteiger partial charge on any atom is 0.324 e. The van der Waals surface area contributed by atoms with E-state index >= 15 is 0 Å². The zero-order chi connectivity index (χ0) is 18.4. The summed E-state index contributed by atoms with van der Waals surface area (Å²) in [5.41, 5.74) is 0. The van der Waals surface area contributed by atoms with E-state index in [-0.39, 0.29) is 10.7 Å². The summed E-state index contributed by atoms with van der Waals surface area (Å²) in [5, 5.41) is 5.93. The number of aromatic nitrogens is 1. The highest BCUT2D eigenvalue weighted by molar-refractivity contribution is 7.89. The first-order chi connectivity index (χ1) is 11.8. The fraction of sp³-hybridized carbons (Fsp3) is 0.267. The van der Waals surface area contributed by atoms with Crippen molar-refractivity contribution in [2.24, 2.45) is 0 Å². The Hall–Kier alpha value is -2.72. The van der Waals surface area contributed by atoms with Crippen LogP contribution in [-0.2, 0) is 24.3 Å². The molecule has 134 valence electrons. The molecule has 9 nitrogen and oxygen atoms in total. The van der Waals surface area contributed by atoms with Crippen LogP contribution < -0.4 is 10.0 Å². The summed E-state index contributed by atoms with van der Waals surface area (Å²) in [4.78, 5) is 23.5. The molecule has 10 heteroatoms. The molecule has 0 spiro atoms. The van der Waals surface area contributed by atoms with Gasteiger partial charge in [-0.1, -0.05) is 23.4 Å². The Labute approximate surface area is 144 Å². The summed E-state index contributed by atoms with van der Waals surface area (Å²) in [6, 6.07) is 7.93. The van der Waals surface area contributed by atoms with Gasteiger partial charge in [0.25, 0.3) is 5.91 Å². The van der Waals surface area contributed by atoms with Crippen LogP contribution in [0.25, 0.3) is 0 Å². The van der Waals surface area contributed by atoms with E-state index < -0.39 is 34.5 Å². The van der Waals surface area contributed by atoms with Crippen LogP contribution in [-0.4, -0.2) is 38.1 Å². The number of anilines is 1. The van der Waals surface area contributed by atoms with Gasteiger partial charge in [-0.15, -0.1) is 0 Å². The van der Waals surface area contributed by atoms with Crippen molar-refractivity contribution < 1.29 is 27.3 Å². The molecule has 0 aliphatic carbocycles. The lowest BCUT2D eigenvalue weighted by Crippen LogP contribution is -2.40. The highest BCUT2D eigenvalue weighted by Gasteiger charge is 2.23. The van der Waals surface area contributed by atoms with E-state index in [1.54, 1.807) is 25.1 Å². The first-order valence-corrected chi connectivity index (χ1v) is 8.73. The van der Waals surface area contributed by atoms with E-state index in [0.717, 1.165) is 0 Å². The van der Waals surface area contributed by atoms with Crippen molar-refractivity contribution in [3.05, 3.63) is 42.2 Å². The first-order valence-electron chi connectivity index (χ1n) is 7.25. The molecule has 25 heavy (non-hydrogen) atoms. The van der Waals surface area contributed by atoms with E-state index in [1.807, 2.05) is 0 Å². The van der Waals surface area contributed by atoms with Crippen LogP contribution in [0.3, 0.4) is 0 Å². The largest absolute Gasteiger partial charge is 0.454 e. The number of ether oxygens (including phenoxy) is 1. The number of hydrogen-bond acceptors (Lipinski definition) is 7. The van der Waals surface area contributed by atoms with Crippen molar-refractivity contribution in [2.75, 3.05) is 11.9 Å². The van der Waals surface area contributed by atoms with Gasteiger partial charge in [-0.25, -0.2) is 8.42 Å². The maximum absolute atomic E-state index is 12.1. The number of sulfonamides is 1. The number of esters is 1. The molecule has 1 atom stereocenters. The third-order valence-corrected chi connectivity index (χ3v) is 4.54. The van der Waals surface area contributed by atoms with Gasteiger partial charge in [0.15, 0.2) is 12.4 Å². The lowest BCUT2D eigenvalue weighted by Gasteiger charge is -2.13. The summed E-state index contributed by atoms with van der Waals surface area (Å²) in [7, 11) is -3.86. The van der Waals surface area contributed by atoms with Gasteiger partial charge in [0.2, 0.25) is 10.0 Å². The molecular formula is C15H17N3O6S. The standard InChI is InChI=1S/C15H17N3O6S/c1-10-8-13(17-24-10)16-14(19)9-23-15(20)11(2)18-25(21,22)12-6-4-3-5-7-12/h3-8,11,18H,9H2,1-2H3,(H,16,17,19). The number of carbonyl (C=O) groups excluding carboxylic acids is 2. The van der Waals surface area contributed by atoms with Crippen molar-refractivity contribution in [1.29, 1.82) is 0 Å². The number of nitrogens with zero attached hydrogens (tertiary/aromatic N) is 1. The molecule has 1 heterocycles. The molecule has 0 saturated heterocycles. The minimum Gasteiger partial charge on any atom is -0.454 e. The fourth-order valence-corrected chi connectivity index (χ4v) is 3.03. The van der Waals surface area contributed by atoms with Gasteiger partial charge in [-0.05, 0) is 26.0 Å². The van der Waals surface area contributed by atoms with Crippen molar-refractivity contribution in [1.82, 2.24) is 9.88 Å². The smallest absolute Gasteiger partial charge is 0.324 e. The third-order valence-electron chi connectivity index (χ3n) is 2.98. The normalized spacial score (nSPS) is 12.4. The summed E-state index contributed by atoms with van der Waals surface area (Å²) < 4.78 is 36.0. The lowest BCUT2D eigenvalue weighted by molar-refractivity contribution is -0.148. The van der Waals surface area contributed by atoms with E-state index in [1.165, 1.54) is 25.1 Å². The molecule has 1 aromatic heterocycles. The average molecular weight is 367 g/mol. The van der Waals surface area contributed by atoms with Crippen molar-refractivity contribution in [3.63, 3.8) is 0 Å². The molecule has 2 rings (SSSR count). The molecule has 2 N–H and O–H groups in total. The van der Waals surface area contributed by atoms with E-state index in [2.05, 4.69) is 15.2 Å². The fourth-order valence-electron chi connectivity index (χ4n) is 1.81. The SMILES string of the molecule is Cc1cc(NC(=O)COC(=O)C(C)NS(=O)(=O)c2ccccc2)no1. The Bertz CT molecular complexity index is 847. The lowest BCUT2D eigenvalue weighted by atomic mass is 10.4. The van der Waals surface area contributed by atoms with Crippen molar-refractivity contribution >= 4 is 27.7 Å². The Morgan fingerprint density at radius 3 is 2.56 bits per heavy atom. The van der Waals surface area contributed by atoms with Crippen molar-refractivity contribution in [2.45, 2.75) is 24.8 Å². The Kier molecular flexibility index (Phi) is 5.88. The molecule has 0 fully saturated rings. The van der Waals surface area contributed by atoms with Gasteiger partial charge in [0, 0.05) is 6.07 Å². The summed E-state index contributed by atoms with van der Waals surface area (Å²) >= 11 is 0. The molecule has 1 aromatic carbocycles. The predicted molar refractivity (Wildman–Crippen MR) is 87.1 cm³/mol. The first kappa shape index (κ1) is 18.6. The highest BCUT2D eigenvalue weighted by atomic mass is 32.2. The molecule has 0 saturated carbocycles. The van der Waals surface area contributed by atoms with Crippen molar-refractivity contribution in [3.8, 4) is 0 Å². The molecule has 0 aliphatic heterocycles. The van der Waals surface area contributed by atoms with E-state index in [0.29, 0.717) is 5.76 Å². The van der Waals surface area contributed by atoms with Crippen LogP contribution in [0.5, 0.6) is 0 Å². The Morgan fingerprint density at radius 1 is 1.28 bits per heavy atom. The van der Waals surface area contributed by atoms with Gasteiger partial charge in [-0.3, -0.25) is 9.59 Å². The van der Waals surface area contributed by atoms with Gasteiger partial charge in [0.05, 0.1) is 4.90 Å². The number of hydrogen-bond donors (Lipinski definition) is 2. The predicted octanol–water partition coefficient (Wildman–Crippen LogP) is 0.832. The second-order valence-electron chi connectivity index (χ2n) is 5.13. The topological polar surface area (TPSA) is 128 Å². The Balaban J connectivity index is 1.85. The number of amides is 1. The van der Waals surface area contributed by atoms with Crippen LogP contribution >= 0.6 is 0 Å². The second-order valence-corrected chi connectivity index (χ2v) is 6.85. The van der Waals surface area contributed by atoms with Crippen LogP contribution in [0.1, 0.15) is 12.7 Å². The van der Waals surface area contributed by atoms with Crippen LogP contribution in [0.4, 0.5) is 5.82 Å². The maximum atomic E-state index is 12.1. The average Bonchev–Trinajstić information content (AvgIpc) is 2.97. The number of benzene rings is 1. The molecule has 0 bridgehead atoms. The summed E-state index contributed by atoms with van der Waals surface area (Å²) in [6.45, 7) is 2.40. The second kappa shape index (κ2) is 7.90.